The van der Waals surface area contributed by atoms with Crippen molar-refractivity contribution in [3.05, 3.63) is 71.3 Å². The predicted molar refractivity (Wildman–Crippen MR) is 86.6 cm³/mol. The molecule has 0 atom stereocenters. The summed E-state index contributed by atoms with van der Waals surface area (Å²) in [6.07, 6.45) is 3.19. The summed E-state index contributed by atoms with van der Waals surface area (Å²) in [4.78, 5) is 23.5. The van der Waals surface area contributed by atoms with Crippen molar-refractivity contribution in [1.82, 2.24) is 0 Å². The molecule has 0 spiro atoms. The van der Waals surface area contributed by atoms with Crippen LogP contribution in [0.3, 0.4) is 0 Å². The number of nitrogens with one attached hydrogen (secondary N) is 1. The Morgan fingerprint density at radius 1 is 1.09 bits per heavy atom. The zero-order valence-corrected chi connectivity index (χ0v) is 12.5. The lowest BCUT2D eigenvalue weighted by Gasteiger charge is -2.08. The summed E-state index contributed by atoms with van der Waals surface area (Å²) in [5, 5.41) is 2.77. The van der Waals surface area contributed by atoms with Crippen molar-refractivity contribution in [2.24, 2.45) is 0 Å². The van der Waals surface area contributed by atoms with E-state index >= 15 is 0 Å². The minimum absolute atomic E-state index is 0.256. The van der Waals surface area contributed by atoms with Gasteiger partial charge in [-0.25, -0.2) is 4.79 Å². The summed E-state index contributed by atoms with van der Waals surface area (Å²) in [5.74, 6) is -0.690. The molecule has 1 amide bonds. The second kappa shape index (κ2) is 7.22. The molecule has 4 nitrogen and oxygen atoms in total. The highest BCUT2D eigenvalue weighted by molar-refractivity contribution is 6.03. The fraction of sp³-hybridized carbons (Fsp3) is 0.111. The first-order valence-electron chi connectivity index (χ1n) is 6.83. The fourth-order valence-electron chi connectivity index (χ4n) is 1.91. The summed E-state index contributed by atoms with van der Waals surface area (Å²) in [6, 6.07) is 14.6. The highest BCUT2D eigenvalue weighted by Crippen LogP contribution is 2.17. The van der Waals surface area contributed by atoms with Crippen LogP contribution in [0.2, 0.25) is 0 Å². The van der Waals surface area contributed by atoms with Crippen LogP contribution in [0.5, 0.6) is 0 Å². The van der Waals surface area contributed by atoms with E-state index in [1.54, 1.807) is 24.3 Å². The number of amides is 1. The van der Waals surface area contributed by atoms with Crippen molar-refractivity contribution >= 4 is 23.6 Å². The van der Waals surface area contributed by atoms with Gasteiger partial charge in [0.15, 0.2) is 0 Å². The molecular weight excluding hydrogens is 278 g/mol. The van der Waals surface area contributed by atoms with Crippen molar-refractivity contribution in [3.63, 3.8) is 0 Å². The predicted octanol–water partition coefficient (Wildman–Crippen LogP) is 3.43. The third-order valence-corrected chi connectivity index (χ3v) is 3.14. The van der Waals surface area contributed by atoms with E-state index in [9.17, 15) is 9.59 Å². The van der Waals surface area contributed by atoms with Crippen LogP contribution in [0.4, 0.5) is 5.69 Å². The van der Waals surface area contributed by atoms with Crippen LogP contribution < -0.4 is 5.32 Å². The number of hydrogen-bond acceptors (Lipinski definition) is 3. The number of rotatable bonds is 4. The van der Waals surface area contributed by atoms with Crippen LogP contribution in [0.1, 0.15) is 21.5 Å². The van der Waals surface area contributed by atoms with Crippen LogP contribution in [0, 0.1) is 6.92 Å². The molecule has 0 heterocycles. The highest BCUT2D eigenvalue weighted by Gasteiger charge is 2.09. The Morgan fingerprint density at radius 3 is 2.50 bits per heavy atom. The normalized spacial score (nSPS) is 10.5. The van der Waals surface area contributed by atoms with Crippen LogP contribution in [-0.2, 0) is 9.53 Å². The molecule has 2 aromatic rings. The van der Waals surface area contributed by atoms with Crippen LogP contribution in [0.15, 0.2) is 54.6 Å². The van der Waals surface area contributed by atoms with E-state index in [1.807, 2.05) is 37.3 Å². The lowest BCUT2D eigenvalue weighted by molar-refractivity contribution is -0.111. The molecule has 0 unspecified atom stereocenters. The number of aryl methyl sites for hydroxylation is 1. The Balaban J connectivity index is 2.11. The number of carbonyl (C=O) groups is 2. The molecule has 0 fully saturated rings. The number of hydrogen-bond donors (Lipinski definition) is 1. The second-order valence-electron chi connectivity index (χ2n) is 4.75. The summed E-state index contributed by atoms with van der Waals surface area (Å²) in [5.41, 5.74) is 2.80. The number of anilines is 1. The Kier molecular flexibility index (Phi) is 5.09. The van der Waals surface area contributed by atoms with Gasteiger partial charge in [-0.1, -0.05) is 36.4 Å². The molecule has 0 saturated carbocycles. The molecule has 0 saturated heterocycles. The molecule has 0 aliphatic rings. The van der Waals surface area contributed by atoms with Gasteiger partial charge in [-0.3, -0.25) is 4.79 Å². The Hall–Kier alpha value is -2.88. The number of carbonyl (C=O) groups excluding carboxylic acids is 2. The monoisotopic (exact) mass is 295 g/mol. The molecule has 112 valence electrons. The smallest absolute Gasteiger partial charge is 0.337 e. The first-order chi connectivity index (χ1) is 10.6. The second-order valence-corrected chi connectivity index (χ2v) is 4.75. The third kappa shape index (κ3) is 4.06. The van der Waals surface area contributed by atoms with Crippen LogP contribution >= 0.6 is 0 Å². The molecule has 0 bridgehead atoms. The van der Waals surface area contributed by atoms with Gasteiger partial charge in [0.2, 0.25) is 5.91 Å². The van der Waals surface area contributed by atoms with Crippen LogP contribution in [0.25, 0.3) is 6.08 Å². The molecule has 2 rings (SSSR count). The first-order valence-corrected chi connectivity index (χ1v) is 6.83. The molecule has 4 heteroatoms. The van der Waals surface area contributed by atoms with E-state index in [0.717, 1.165) is 11.1 Å². The molecule has 2 aromatic carbocycles. The number of esters is 1. The van der Waals surface area contributed by atoms with Gasteiger partial charge in [-0.2, -0.15) is 0 Å². The number of methoxy groups -OCH3 is 1. The average molecular weight is 295 g/mol. The minimum atomic E-state index is -0.435. The van der Waals surface area contributed by atoms with E-state index in [2.05, 4.69) is 10.1 Å². The highest BCUT2D eigenvalue weighted by atomic mass is 16.5. The fourth-order valence-corrected chi connectivity index (χ4v) is 1.91. The molecule has 22 heavy (non-hydrogen) atoms. The van der Waals surface area contributed by atoms with E-state index < -0.39 is 5.97 Å². The van der Waals surface area contributed by atoms with E-state index in [4.69, 9.17) is 0 Å². The molecule has 1 N–H and O–H groups in total. The van der Waals surface area contributed by atoms with E-state index in [-0.39, 0.29) is 5.91 Å². The van der Waals surface area contributed by atoms with Crippen molar-refractivity contribution < 1.29 is 14.3 Å². The van der Waals surface area contributed by atoms with Crippen molar-refractivity contribution in [1.29, 1.82) is 0 Å². The van der Waals surface area contributed by atoms with Gasteiger partial charge in [0.1, 0.15) is 0 Å². The van der Waals surface area contributed by atoms with Gasteiger partial charge >= 0.3 is 5.97 Å². The zero-order chi connectivity index (χ0) is 15.9. The Morgan fingerprint density at radius 2 is 1.82 bits per heavy atom. The SMILES string of the molecule is COC(=O)c1ccc(C)c(NC(=O)/C=C/c2ccccc2)c1. The summed E-state index contributed by atoms with van der Waals surface area (Å²) in [7, 11) is 1.32. The Bertz CT molecular complexity index is 706. The van der Waals surface area contributed by atoms with Crippen molar-refractivity contribution in [2.45, 2.75) is 6.92 Å². The van der Waals surface area contributed by atoms with E-state index in [1.165, 1.54) is 13.2 Å². The first kappa shape index (κ1) is 15.5. The molecule has 0 aliphatic carbocycles. The molecule has 0 aromatic heterocycles. The quantitative estimate of drug-likeness (QED) is 0.694. The number of benzene rings is 2. The van der Waals surface area contributed by atoms with Gasteiger partial charge < -0.3 is 10.1 Å². The largest absolute Gasteiger partial charge is 0.465 e. The van der Waals surface area contributed by atoms with Gasteiger partial charge in [-0.15, -0.1) is 0 Å². The maximum atomic E-state index is 12.0. The minimum Gasteiger partial charge on any atom is -0.465 e. The lowest BCUT2D eigenvalue weighted by Crippen LogP contribution is -2.10. The standard InChI is InChI=1S/C18H17NO3/c1-13-8-10-15(18(21)22-2)12-16(13)19-17(20)11-9-14-6-4-3-5-7-14/h3-12H,1-2H3,(H,19,20)/b11-9+. The average Bonchev–Trinajstić information content (AvgIpc) is 2.55. The van der Waals surface area contributed by atoms with Crippen LogP contribution in [-0.4, -0.2) is 19.0 Å². The molecular formula is C18H17NO3. The molecule has 0 radical (unpaired) electrons. The third-order valence-electron chi connectivity index (χ3n) is 3.14. The zero-order valence-electron chi connectivity index (χ0n) is 12.5. The van der Waals surface area contributed by atoms with Gasteiger partial charge in [0, 0.05) is 11.8 Å². The van der Waals surface area contributed by atoms with Crippen molar-refractivity contribution in [2.75, 3.05) is 12.4 Å². The summed E-state index contributed by atoms with van der Waals surface area (Å²) < 4.78 is 4.68. The van der Waals surface area contributed by atoms with Gasteiger partial charge in [0.25, 0.3) is 0 Å². The van der Waals surface area contributed by atoms with Gasteiger partial charge in [-0.05, 0) is 36.3 Å². The van der Waals surface area contributed by atoms with E-state index in [0.29, 0.717) is 11.3 Å². The number of ether oxygens (including phenoxy) is 1. The summed E-state index contributed by atoms with van der Waals surface area (Å²) >= 11 is 0. The summed E-state index contributed by atoms with van der Waals surface area (Å²) in [6.45, 7) is 1.86. The molecule has 0 aliphatic heterocycles. The van der Waals surface area contributed by atoms with Crippen molar-refractivity contribution in [3.8, 4) is 0 Å². The topological polar surface area (TPSA) is 55.4 Å². The Labute approximate surface area is 129 Å². The maximum absolute atomic E-state index is 12.0. The lowest BCUT2D eigenvalue weighted by atomic mass is 10.1. The maximum Gasteiger partial charge on any atom is 0.337 e. The van der Waals surface area contributed by atoms with Gasteiger partial charge in [0.05, 0.1) is 12.7 Å².